The van der Waals surface area contributed by atoms with Gasteiger partial charge in [0.25, 0.3) is 0 Å². The van der Waals surface area contributed by atoms with Crippen molar-refractivity contribution in [3.8, 4) is 5.69 Å². The van der Waals surface area contributed by atoms with Crippen LogP contribution in [0.25, 0.3) is 5.69 Å². The number of imidazole rings is 1. The van der Waals surface area contributed by atoms with Crippen molar-refractivity contribution >= 4 is 17.5 Å². The van der Waals surface area contributed by atoms with Crippen LogP contribution in [-0.4, -0.2) is 9.55 Å². The van der Waals surface area contributed by atoms with E-state index < -0.39 is 5.82 Å². The zero-order chi connectivity index (χ0) is 10.1. The van der Waals surface area contributed by atoms with Crippen LogP contribution in [-0.2, 0) is 0 Å². The first kappa shape index (κ1) is 9.02. The summed E-state index contributed by atoms with van der Waals surface area (Å²) < 4.78 is 14.9. The number of nitrogens with two attached hydrogens (primary N) is 1. The number of rotatable bonds is 1. The molecule has 2 rings (SSSR count). The predicted molar refractivity (Wildman–Crippen MR) is 52.9 cm³/mol. The Morgan fingerprint density at radius 1 is 1.43 bits per heavy atom. The second-order valence-corrected chi connectivity index (χ2v) is 3.14. The largest absolute Gasteiger partial charge is 0.369 e. The number of anilines is 1. The summed E-state index contributed by atoms with van der Waals surface area (Å²) in [7, 11) is 0. The minimum atomic E-state index is -0.501. The Balaban J connectivity index is 2.63. The number of aromatic nitrogens is 2. The average Bonchev–Trinajstić information content (AvgIpc) is 2.57. The molecule has 0 saturated carbocycles. The third kappa shape index (κ3) is 1.33. The van der Waals surface area contributed by atoms with Crippen LogP contribution in [0.3, 0.4) is 0 Å². The smallest absolute Gasteiger partial charge is 0.204 e. The van der Waals surface area contributed by atoms with E-state index in [0.717, 1.165) is 0 Å². The minimum absolute atomic E-state index is 0.0654. The van der Waals surface area contributed by atoms with Gasteiger partial charge in [0.2, 0.25) is 5.95 Å². The molecule has 0 bridgehead atoms. The molecule has 0 amide bonds. The molecule has 1 heterocycles. The number of benzene rings is 1. The van der Waals surface area contributed by atoms with Crippen LogP contribution in [0.15, 0.2) is 30.6 Å². The molecular formula is C9H7ClFN3. The molecule has 2 N–H and O–H groups in total. The number of nitrogen functional groups attached to an aromatic ring is 1. The van der Waals surface area contributed by atoms with Gasteiger partial charge < -0.3 is 5.73 Å². The van der Waals surface area contributed by atoms with Crippen molar-refractivity contribution in [1.82, 2.24) is 9.55 Å². The van der Waals surface area contributed by atoms with Crippen LogP contribution >= 0.6 is 11.6 Å². The fourth-order valence-corrected chi connectivity index (χ4v) is 1.37. The van der Waals surface area contributed by atoms with Crippen LogP contribution in [0.5, 0.6) is 0 Å². The standard InChI is InChI=1S/C9H7ClFN3/c10-6-2-1-3-7(8(6)11)14-5-4-13-9(14)12/h1-5H,(H2,12,13). The number of hydrogen-bond donors (Lipinski definition) is 1. The summed E-state index contributed by atoms with van der Waals surface area (Å²) in [5.74, 6) is -0.273. The zero-order valence-electron chi connectivity index (χ0n) is 7.11. The van der Waals surface area contributed by atoms with Gasteiger partial charge in [-0.3, -0.25) is 4.57 Å². The van der Waals surface area contributed by atoms with E-state index >= 15 is 0 Å². The number of nitrogens with zero attached hydrogens (tertiary/aromatic N) is 2. The van der Waals surface area contributed by atoms with Gasteiger partial charge in [-0.15, -0.1) is 0 Å². The van der Waals surface area contributed by atoms with Crippen LogP contribution in [0.1, 0.15) is 0 Å². The van der Waals surface area contributed by atoms with Crippen LogP contribution < -0.4 is 5.73 Å². The summed E-state index contributed by atoms with van der Waals surface area (Å²) in [4.78, 5) is 3.79. The molecule has 3 nitrogen and oxygen atoms in total. The van der Waals surface area contributed by atoms with Gasteiger partial charge in [0.15, 0.2) is 5.82 Å². The van der Waals surface area contributed by atoms with Crippen molar-refractivity contribution in [1.29, 1.82) is 0 Å². The molecule has 0 atom stereocenters. The Labute approximate surface area is 84.9 Å². The fraction of sp³-hybridized carbons (Fsp3) is 0. The predicted octanol–water partition coefficient (Wildman–Crippen LogP) is 2.25. The van der Waals surface area contributed by atoms with Crippen molar-refractivity contribution in [3.05, 3.63) is 41.4 Å². The SMILES string of the molecule is Nc1nccn1-c1cccc(Cl)c1F. The highest BCUT2D eigenvalue weighted by Crippen LogP contribution is 2.22. The van der Waals surface area contributed by atoms with E-state index in [1.54, 1.807) is 18.3 Å². The van der Waals surface area contributed by atoms with E-state index in [0.29, 0.717) is 5.69 Å². The highest BCUT2D eigenvalue weighted by molar-refractivity contribution is 6.30. The summed E-state index contributed by atoms with van der Waals surface area (Å²) in [6.45, 7) is 0. The summed E-state index contributed by atoms with van der Waals surface area (Å²) in [6.07, 6.45) is 3.07. The lowest BCUT2D eigenvalue weighted by atomic mass is 10.3. The van der Waals surface area contributed by atoms with Crippen molar-refractivity contribution in [2.24, 2.45) is 0 Å². The average molecular weight is 212 g/mol. The van der Waals surface area contributed by atoms with Crippen molar-refractivity contribution < 1.29 is 4.39 Å². The first-order valence-electron chi connectivity index (χ1n) is 3.93. The number of hydrogen-bond acceptors (Lipinski definition) is 2. The van der Waals surface area contributed by atoms with Crippen molar-refractivity contribution in [2.75, 3.05) is 5.73 Å². The van der Waals surface area contributed by atoms with Crippen LogP contribution in [0, 0.1) is 5.82 Å². The first-order chi connectivity index (χ1) is 6.70. The van der Waals surface area contributed by atoms with E-state index in [9.17, 15) is 4.39 Å². The Kier molecular flexibility index (Phi) is 2.13. The molecule has 0 spiro atoms. The van der Waals surface area contributed by atoms with E-state index in [-0.39, 0.29) is 11.0 Å². The molecule has 0 unspecified atom stereocenters. The van der Waals surface area contributed by atoms with Gasteiger partial charge >= 0.3 is 0 Å². The van der Waals surface area contributed by atoms with Crippen LogP contribution in [0.4, 0.5) is 10.3 Å². The lowest BCUT2D eigenvalue weighted by Gasteiger charge is -2.06. The first-order valence-corrected chi connectivity index (χ1v) is 4.31. The molecule has 1 aromatic carbocycles. The highest BCUT2D eigenvalue weighted by atomic mass is 35.5. The minimum Gasteiger partial charge on any atom is -0.369 e. The second-order valence-electron chi connectivity index (χ2n) is 2.73. The maximum Gasteiger partial charge on any atom is 0.204 e. The molecule has 2 aromatic rings. The zero-order valence-corrected chi connectivity index (χ0v) is 7.87. The molecule has 0 saturated heterocycles. The van der Waals surface area contributed by atoms with Crippen LogP contribution in [0.2, 0.25) is 5.02 Å². The molecule has 0 radical (unpaired) electrons. The van der Waals surface area contributed by atoms with Gasteiger partial charge in [-0.2, -0.15) is 0 Å². The Bertz CT molecular complexity index is 467. The summed E-state index contributed by atoms with van der Waals surface area (Å²) in [5, 5.41) is 0.0654. The third-order valence-electron chi connectivity index (χ3n) is 1.86. The summed E-state index contributed by atoms with van der Waals surface area (Å²) >= 11 is 5.63. The Morgan fingerprint density at radius 3 is 2.86 bits per heavy atom. The molecular weight excluding hydrogens is 205 g/mol. The fourth-order valence-electron chi connectivity index (χ4n) is 1.20. The lowest BCUT2D eigenvalue weighted by Crippen LogP contribution is -2.02. The highest BCUT2D eigenvalue weighted by Gasteiger charge is 2.09. The molecule has 72 valence electrons. The second kappa shape index (κ2) is 3.31. The van der Waals surface area contributed by atoms with Gasteiger partial charge in [0.05, 0.1) is 10.7 Å². The topological polar surface area (TPSA) is 43.8 Å². The molecule has 0 fully saturated rings. The third-order valence-corrected chi connectivity index (χ3v) is 2.15. The molecule has 5 heteroatoms. The molecule has 14 heavy (non-hydrogen) atoms. The van der Waals surface area contributed by atoms with E-state index in [4.69, 9.17) is 17.3 Å². The molecule has 0 aliphatic rings. The van der Waals surface area contributed by atoms with Crippen molar-refractivity contribution in [3.63, 3.8) is 0 Å². The maximum atomic E-state index is 13.5. The Morgan fingerprint density at radius 2 is 2.21 bits per heavy atom. The van der Waals surface area contributed by atoms with Gasteiger partial charge in [-0.25, -0.2) is 9.37 Å². The molecule has 0 aliphatic heterocycles. The quantitative estimate of drug-likeness (QED) is 0.786. The summed E-state index contributed by atoms with van der Waals surface area (Å²) in [6, 6.07) is 4.72. The van der Waals surface area contributed by atoms with E-state index in [1.165, 1.54) is 16.8 Å². The van der Waals surface area contributed by atoms with Gasteiger partial charge in [0.1, 0.15) is 0 Å². The monoisotopic (exact) mass is 211 g/mol. The van der Waals surface area contributed by atoms with Crippen molar-refractivity contribution in [2.45, 2.75) is 0 Å². The molecule has 1 aromatic heterocycles. The van der Waals surface area contributed by atoms with Gasteiger partial charge in [-0.05, 0) is 12.1 Å². The maximum absolute atomic E-state index is 13.5. The van der Waals surface area contributed by atoms with E-state index in [2.05, 4.69) is 4.98 Å². The number of halogens is 2. The van der Waals surface area contributed by atoms with E-state index in [1.807, 2.05) is 0 Å². The van der Waals surface area contributed by atoms with Gasteiger partial charge in [0, 0.05) is 12.4 Å². The lowest BCUT2D eigenvalue weighted by molar-refractivity contribution is 0.619. The van der Waals surface area contributed by atoms with Gasteiger partial charge in [-0.1, -0.05) is 17.7 Å². The summed E-state index contributed by atoms with van der Waals surface area (Å²) in [5.41, 5.74) is 5.83. The normalized spacial score (nSPS) is 10.4. The Hall–Kier alpha value is -1.55. The molecule has 0 aliphatic carbocycles.